The lowest BCUT2D eigenvalue weighted by atomic mass is 9.97. The second kappa shape index (κ2) is 5.30. The summed E-state index contributed by atoms with van der Waals surface area (Å²) in [4.78, 5) is 14.6. The zero-order valence-corrected chi connectivity index (χ0v) is 10.5. The smallest absolute Gasteiger partial charge is 0.333 e. The molecule has 0 aliphatic carbocycles. The molecule has 0 spiro atoms. The number of hydrogen-bond acceptors (Lipinski definition) is 5. The van der Waals surface area contributed by atoms with Crippen LogP contribution in [-0.2, 0) is 0 Å². The van der Waals surface area contributed by atoms with Crippen molar-refractivity contribution in [2.75, 3.05) is 13.1 Å². The van der Waals surface area contributed by atoms with E-state index in [1.54, 1.807) is 19.2 Å². The number of hydrogen-bond donors (Lipinski definition) is 1. The van der Waals surface area contributed by atoms with Crippen LogP contribution >= 0.6 is 0 Å². The molecule has 0 aromatic carbocycles. The van der Waals surface area contributed by atoms with Crippen molar-refractivity contribution in [1.29, 1.82) is 0 Å². The van der Waals surface area contributed by atoms with Crippen LogP contribution in [0.3, 0.4) is 0 Å². The minimum atomic E-state index is -0.432. The molecular formula is C12H17N3O3. The molecule has 18 heavy (non-hydrogen) atoms. The van der Waals surface area contributed by atoms with Gasteiger partial charge < -0.3 is 10.1 Å². The average Bonchev–Trinajstić information content (AvgIpc) is 2.31. The lowest BCUT2D eigenvalue weighted by Crippen LogP contribution is -2.43. The van der Waals surface area contributed by atoms with Crippen LogP contribution < -0.4 is 10.1 Å². The third-order valence-corrected chi connectivity index (χ3v) is 3.29. The summed E-state index contributed by atoms with van der Waals surface area (Å²) in [6.45, 7) is 5.45. The van der Waals surface area contributed by atoms with E-state index in [1.807, 2.05) is 0 Å². The fraction of sp³-hybridized carbons (Fsp3) is 0.583. The Hall–Kier alpha value is -1.69. The maximum atomic E-state index is 11.0. The van der Waals surface area contributed by atoms with E-state index in [9.17, 15) is 10.1 Å². The molecule has 0 bridgehead atoms. The standard InChI is InChI=1S/C12H17N3O3/c1-8-3-5-13-7-10(8)18-12-11(15(16)17)9(2)4-6-14-12/h4,6,8,10,13H,3,5,7H2,1-2H3. The molecule has 98 valence electrons. The molecule has 1 aliphatic heterocycles. The SMILES string of the molecule is Cc1ccnc(OC2CNCCC2C)c1[N+](=O)[O-]. The van der Waals surface area contributed by atoms with E-state index in [0.29, 0.717) is 18.0 Å². The van der Waals surface area contributed by atoms with Crippen molar-refractivity contribution in [3.8, 4) is 5.88 Å². The van der Waals surface area contributed by atoms with Crippen LogP contribution in [0, 0.1) is 23.0 Å². The summed E-state index contributed by atoms with van der Waals surface area (Å²) < 4.78 is 5.73. The van der Waals surface area contributed by atoms with Crippen LogP contribution in [0.2, 0.25) is 0 Å². The van der Waals surface area contributed by atoms with Crippen LogP contribution in [-0.4, -0.2) is 29.1 Å². The van der Waals surface area contributed by atoms with Crippen molar-refractivity contribution >= 4 is 5.69 Å². The first-order chi connectivity index (χ1) is 8.59. The summed E-state index contributed by atoms with van der Waals surface area (Å²) in [5, 5.41) is 14.3. The quantitative estimate of drug-likeness (QED) is 0.653. The zero-order valence-electron chi connectivity index (χ0n) is 10.5. The molecule has 0 saturated carbocycles. The maximum Gasteiger partial charge on any atom is 0.333 e. The van der Waals surface area contributed by atoms with Crippen molar-refractivity contribution in [2.45, 2.75) is 26.4 Å². The van der Waals surface area contributed by atoms with E-state index < -0.39 is 4.92 Å². The van der Waals surface area contributed by atoms with Gasteiger partial charge in [0.15, 0.2) is 0 Å². The third kappa shape index (κ3) is 2.59. The highest BCUT2D eigenvalue weighted by molar-refractivity contribution is 5.47. The number of pyridine rings is 1. The van der Waals surface area contributed by atoms with Gasteiger partial charge in [-0.3, -0.25) is 10.1 Å². The first-order valence-electron chi connectivity index (χ1n) is 6.07. The number of aromatic nitrogens is 1. The molecule has 0 radical (unpaired) electrons. The molecule has 1 fully saturated rings. The molecule has 6 nitrogen and oxygen atoms in total. The van der Waals surface area contributed by atoms with Crippen LogP contribution in [0.25, 0.3) is 0 Å². The zero-order chi connectivity index (χ0) is 13.1. The monoisotopic (exact) mass is 251 g/mol. The van der Waals surface area contributed by atoms with E-state index in [-0.39, 0.29) is 17.7 Å². The Morgan fingerprint density at radius 1 is 1.61 bits per heavy atom. The van der Waals surface area contributed by atoms with Gasteiger partial charge >= 0.3 is 5.69 Å². The molecular weight excluding hydrogens is 234 g/mol. The molecule has 6 heteroatoms. The molecule has 1 aromatic heterocycles. The summed E-state index contributed by atoms with van der Waals surface area (Å²) in [6.07, 6.45) is 2.48. The van der Waals surface area contributed by atoms with Gasteiger partial charge in [-0.15, -0.1) is 0 Å². The second-order valence-corrected chi connectivity index (χ2v) is 4.67. The predicted molar refractivity (Wildman–Crippen MR) is 66.7 cm³/mol. The summed E-state index contributed by atoms with van der Waals surface area (Å²) in [6, 6.07) is 1.62. The van der Waals surface area contributed by atoms with Crippen LogP contribution in [0.5, 0.6) is 5.88 Å². The Labute approximate surface area is 106 Å². The van der Waals surface area contributed by atoms with Gasteiger partial charge in [0.25, 0.3) is 5.88 Å². The molecule has 1 N–H and O–H groups in total. The minimum Gasteiger partial charge on any atom is -0.468 e. The molecule has 2 atom stereocenters. The van der Waals surface area contributed by atoms with Gasteiger partial charge in [0, 0.05) is 18.3 Å². The fourth-order valence-corrected chi connectivity index (χ4v) is 2.10. The van der Waals surface area contributed by atoms with E-state index in [0.717, 1.165) is 13.0 Å². The molecule has 1 saturated heterocycles. The third-order valence-electron chi connectivity index (χ3n) is 3.29. The van der Waals surface area contributed by atoms with Gasteiger partial charge in [0.2, 0.25) is 0 Å². The fourth-order valence-electron chi connectivity index (χ4n) is 2.10. The van der Waals surface area contributed by atoms with E-state index in [2.05, 4.69) is 17.2 Å². The maximum absolute atomic E-state index is 11.0. The largest absolute Gasteiger partial charge is 0.468 e. The lowest BCUT2D eigenvalue weighted by molar-refractivity contribution is -0.387. The Kier molecular flexibility index (Phi) is 3.76. The molecule has 1 aliphatic rings. The van der Waals surface area contributed by atoms with Gasteiger partial charge in [-0.2, -0.15) is 0 Å². The Morgan fingerprint density at radius 3 is 3.06 bits per heavy atom. The number of aryl methyl sites for hydroxylation is 1. The first-order valence-corrected chi connectivity index (χ1v) is 6.07. The number of nitrogens with one attached hydrogen (secondary N) is 1. The van der Waals surface area contributed by atoms with Crippen molar-refractivity contribution < 1.29 is 9.66 Å². The molecule has 2 unspecified atom stereocenters. The summed E-state index contributed by atoms with van der Waals surface area (Å²) in [5.74, 6) is 0.494. The summed E-state index contributed by atoms with van der Waals surface area (Å²) in [5.41, 5.74) is 0.539. The van der Waals surface area contributed by atoms with Gasteiger partial charge in [-0.25, -0.2) is 4.98 Å². The van der Waals surface area contributed by atoms with Gasteiger partial charge in [-0.1, -0.05) is 6.92 Å². The van der Waals surface area contributed by atoms with E-state index in [1.165, 1.54) is 0 Å². The van der Waals surface area contributed by atoms with Gasteiger partial charge in [0.1, 0.15) is 6.10 Å². The van der Waals surface area contributed by atoms with Crippen molar-refractivity contribution in [3.05, 3.63) is 27.9 Å². The predicted octanol–water partition coefficient (Wildman–Crippen LogP) is 1.68. The Morgan fingerprint density at radius 2 is 2.39 bits per heavy atom. The molecule has 2 rings (SSSR count). The first kappa shape index (κ1) is 12.8. The van der Waals surface area contributed by atoms with Crippen LogP contribution in [0.1, 0.15) is 18.9 Å². The minimum absolute atomic E-state index is 0.0322. The molecule has 1 aromatic rings. The topological polar surface area (TPSA) is 77.3 Å². The number of piperidine rings is 1. The van der Waals surface area contributed by atoms with E-state index in [4.69, 9.17) is 4.74 Å². The number of ether oxygens (including phenoxy) is 1. The van der Waals surface area contributed by atoms with E-state index >= 15 is 0 Å². The number of nitrogens with zero attached hydrogens (tertiary/aromatic N) is 2. The summed E-state index contributed by atoms with van der Waals surface area (Å²) in [7, 11) is 0. The number of nitro groups is 1. The Bertz CT molecular complexity index is 450. The highest BCUT2D eigenvalue weighted by atomic mass is 16.6. The summed E-state index contributed by atoms with van der Waals surface area (Å²) >= 11 is 0. The van der Waals surface area contributed by atoms with Gasteiger partial charge in [-0.05, 0) is 31.9 Å². The normalized spacial score (nSPS) is 23.7. The highest BCUT2D eigenvalue weighted by Gasteiger charge is 2.27. The second-order valence-electron chi connectivity index (χ2n) is 4.67. The van der Waals surface area contributed by atoms with Crippen LogP contribution in [0.4, 0.5) is 5.69 Å². The van der Waals surface area contributed by atoms with Crippen molar-refractivity contribution in [2.24, 2.45) is 5.92 Å². The highest BCUT2D eigenvalue weighted by Crippen LogP contribution is 2.30. The van der Waals surface area contributed by atoms with Gasteiger partial charge in [0.05, 0.1) is 4.92 Å². The van der Waals surface area contributed by atoms with Crippen molar-refractivity contribution in [3.63, 3.8) is 0 Å². The molecule has 0 amide bonds. The molecule has 2 heterocycles. The van der Waals surface area contributed by atoms with Crippen molar-refractivity contribution in [1.82, 2.24) is 10.3 Å². The Balaban J connectivity index is 2.23. The average molecular weight is 251 g/mol. The lowest BCUT2D eigenvalue weighted by Gasteiger charge is -2.29. The van der Waals surface area contributed by atoms with Crippen LogP contribution in [0.15, 0.2) is 12.3 Å². The number of rotatable bonds is 3.